The van der Waals surface area contributed by atoms with Gasteiger partial charge in [-0.2, -0.15) is 0 Å². The predicted octanol–water partition coefficient (Wildman–Crippen LogP) is 3.97. The summed E-state index contributed by atoms with van der Waals surface area (Å²) in [5.74, 6) is -1.43. The van der Waals surface area contributed by atoms with Crippen molar-refractivity contribution in [3.63, 3.8) is 0 Å². The summed E-state index contributed by atoms with van der Waals surface area (Å²) in [4.78, 5) is 28.9. The van der Waals surface area contributed by atoms with Crippen molar-refractivity contribution in [2.45, 2.75) is 53.9 Å². The first-order valence-electron chi connectivity index (χ1n) is 10.1. The molecule has 0 heterocycles. The molecule has 0 bridgehead atoms. The number of nitrogens with zero attached hydrogens (tertiary/aromatic N) is 3. The summed E-state index contributed by atoms with van der Waals surface area (Å²) < 4.78 is 5.11. The normalized spacial score (nSPS) is 24.3. The van der Waals surface area contributed by atoms with E-state index in [0.717, 1.165) is 17.8 Å². The van der Waals surface area contributed by atoms with Crippen LogP contribution in [-0.2, 0) is 24.0 Å². The molecule has 1 fully saturated rings. The first kappa shape index (κ1) is 24.7. The third-order valence-corrected chi connectivity index (χ3v) is 4.60. The zero-order valence-electron chi connectivity index (χ0n) is 18.6. The van der Waals surface area contributed by atoms with Gasteiger partial charge in [0.2, 0.25) is 0 Å². The molecule has 0 amide bonds. The van der Waals surface area contributed by atoms with Gasteiger partial charge in [0.05, 0.1) is 30.2 Å². The third-order valence-electron chi connectivity index (χ3n) is 4.60. The van der Waals surface area contributed by atoms with Crippen molar-refractivity contribution >= 4 is 23.1 Å². The minimum atomic E-state index is -0.605. The van der Waals surface area contributed by atoms with E-state index >= 15 is 0 Å². The van der Waals surface area contributed by atoms with Gasteiger partial charge in [-0.25, -0.2) is 0 Å². The minimum Gasteiger partial charge on any atom is -0.468 e. The van der Waals surface area contributed by atoms with E-state index in [0.29, 0.717) is 31.8 Å². The van der Waals surface area contributed by atoms with E-state index < -0.39 is 17.3 Å². The number of oxime groups is 3. The number of methoxy groups -OCH3 is 1. The Bertz CT molecular complexity index is 640. The van der Waals surface area contributed by atoms with Crippen LogP contribution in [-0.4, -0.2) is 50.0 Å². The van der Waals surface area contributed by atoms with Crippen LogP contribution in [0.4, 0.5) is 0 Å². The molecule has 29 heavy (non-hydrogen) atoms. The molecule has 0 saturated heterocycles. The molecule has 0 aromatic carbocycles. The van der Waals surface area contributed by atoms with Gasteiger partial charge in [-0.05, 0) is 32.1 Å². The molecule has 0 unspecified atom stereocenters. The molecule has 1 aliphatic carbocycles. The van der Waals surface area contributed by atoms with Crippen LogP contribution in [0.1, 0.15) is 53.9 Å². The van der Waals surface area contributed by atoms with Gasteiger partial charge in [-0.1, -0.05) is 55.3 Å². The van der Waals surface area contributed by atoms with Crippen molar-refractivity contribution < 1.29 is 24.0 Å². The molecule has 164 valence electrons. The summed E-state index contributed by atoms with van der Waals surface area (Å²) in [6.07, 6.45) is 3.63. The van der Waals surface area contributed by atoms with Crippen LogP contribution in [0.2, 0.25) is 0 Å². The Balaban J connectivity index is 3.62. The fraction of sp³-hybridized carbons (Fsp3) is 0.714. The van der Waals surface area contributed by atoms with Gasteiger partial charge < -0.3 is 19.2 Å². The Kier molecular flexibility index (Phi) is 10.4. The number of carbonyl (C=O) groups is 1. The van der Waals surface area contributed by atoms with Gasteiger partial charge >= 0.3 is 5.97 Å². The average molecular weight is 410 g/mol. The molecular weight excluding hydrogens is 374 g/mol. The van der Waals surface area contributed by atoms with E-state index in [1.54, 1.807) is 6.08 Å². The van der Waals surface area contributed by atoms with Crippen molar-refractivity contribution in [2.75, 3.05) is 26.9 Å². The molecule has 2 atom stereocenters. The van der Waals surface area contributed by atoms with E-state index in [2.05, 4.69) is 22.0 Å². The molecule has 0 aromatic heterocycles. The molecule has 8 heteroatoms. The van der Waals surface area contributed by atoms with Gasteiger partial charge in [0.25, 0.3) is 0 Å². The van der Waals surface area contributed by atoms with Gasteiger partial charge in [0.15, 0.2) is 0 Å². The Morgan fingerprint density at radius 3 is 2.38 bits per heavy atom. The van der Waals surface area contributed by atoms with Crippen LogP contribution >= 0.6 is 0 Å². The fourth-order valence-electron chi connectivity index (χ4n) is 3.48. The molecule has 1 saturated carbocycles. The smallest absolute Gasteiger partial charge is 0.315 e. The lowest BCUT2D eigenvalue weighted by molar-refractivity contribution is -0.146. The predicted molar refractivity (Wildman–Crippen MR) is 114 cm³/mol. The van der Waals surface area contributed by atoms with E-state index in [-0.39, 0.29) is 12.6 Å². The van der Waals surface area contributed by atoms with E-state index in [9.17, 15) is 4.79 Å². The highest BCUT2D eigenvalue weighted by molar-refractivity contribution is 6.29. The Hall–Kier alpha value is -2.38. The molecular formula is C21H35N3O5. The van der Waals surface area contributed by atoms with Crippen molar-refractivity contribution in [3.05, 3.63) is 12.7 Å². The van der Waals surface area contributed by atoms with E-state index in [4.69, 9.17) is 19.2 Å². The summed E-state index contributed by atoms with van der Waals surface area (Å²) in [7, 11) is 1.38. The molecule has 8 nitrogen and oxygen atoms in total. The maximum atomic E-state index is 12.7. The number of ether oxygens (including phenoxy) is 1. The van der Waals surface area contributed by atoms with Crippen LogP contribution in [0.25, 0.3) is 0 Å². The highest BCUT2D eigenvalue weighted by Crippen LogP contribution is 2.42. The van der Waals surface area contributed by atoms with Crippen molar-refractivity contribution in [1.82, 2.24) is 0 Å². The number of hydrogen-bond donors (Lipinski definition) is 0. The van der Waals surface area contributed by atoms with Crippen LogP contribution in [0, 0.1) is 17.3 Å². The van der Waals surface area contributed by atoms with Crippen molar-refractivity contribution in [2.24, 2.45) is 32.7 Å². The lowest BCUT2D eigenvalue weighted by atomic mass is 9.62. The fourth-order valence-corrected chi connectivity index (χ4v) is 3.48. The summed E-state index contributed by atoms with van der Waals surface area (Å²) in [5, 5.41) is 13.0. The number of esters is 1. The largest absolute Gasteiger partial charge is 0.468 e. The summed E-state index contributed by atoms with van der Waals surface area (Å²) in [5.41, 5.74) is 1.48. The molecule has 0 aliphatic heterocycles. The van der Waals surface area contributed by atoms with Crippen LogP contribution < -0.4 is 0 Å². The minimum absolute atomic E-state index is 0.279. The highest BCUT2D eigenvalue weighted by atomic mass is 16.6. The van der Waals surface area contributed by atoms with Crippen molar-refractivity contribution in [1.29, 1.82) is 0 Å². The zero-order valence-corrected chi connectivity index (χ0v) is 18.6. The van der Waals surface area contributed by atoms with Crippen molar-refractivity contribution in [3.8, 4) is 0 Å². The van der Waals surface area contributed by atoms with Gasteiger partial charge in [0.1, 0.15) is 25.7 Å². The molecule has 0 aromatic rings. The lowest BCUT2D eigenvalue weighted by Gasteiger charge is -2.41. The summed E-state index contributed by atoms with van der Waals surface area (Å²) in [6, 6.07) is 0. The Labute approximate surface area is 174 Å². The number of carbonyl (C=O) groups excluding carboxylic acids is 1. The third kappa shape index (κ3) is 6.58. The van der Waals surface area contributed by atoms with Gasteiger partial charge in [-0.15, -0.1) is 0 Å². The second-order valence-corrected chi connectivity index (χ2v) is 7.41. The first-order chi connectivity index (χ1) is 13.9. The summed E-state index contributed by atoms with van der Waals surface area (Å²) in [6.45, 7) is 14.5. The van der Waals surface area contributed by atoms with Gasteiger partial charge in [0, 0.05) is 0 Å². The first-order valence-corrected chi connectivity index (χ1v) is 10.1. The zero-order chi connectivity index (χ0) is 21.9. The quantitative estimate of drug-likeness (QED) is 0.169. The summed E-state index contributed by atoms with van der Waals surface area (Å²) >= 11 is 0. The molecule has 0 radical (unpaired) electrons. The van der Waals surface area contributed by atoms with Crippen LogP contribution in [0.15, 0.2) is 28.1 Å². The monoisotopic (exact) mass is 409 g/mol. The molecule has 0 spiro atoms. The number of hydrogen-bond acceptors (Lipinski definition) is 8. The average Bonchev–Trinajstić information content (AvgIpc) is 2.69. The van der Waals surface area contributed by atoms with E-state index in [1.165, 1.54) is 7.11 Å². The maximum absolute atomic E-state index is 12.7. The SMILES string of the molecule is C=CCO/N=C(/CCC)[C@@H]1/C(=N\OCC)CC(C)(C)[C@@H](C(=O)OC)/C1=N\OCC. The molecule has 1 rings (SSSR count). The molecule has 0 N–H and O–H groups in total. The number of rotatable bonds is 11. The maximum Gasteiger partial charge on any atom is 0.315 e. The van der Waals surface area contributed by atoms with Gasteiger partial charge in [-0.3, -0.25) is 4.79 Å². The van der Waals surface area contributed by atoms with E-state index in [1.807, 2.05) is 34.6 Å². The topological polar surface area (TPSA) is 91.1 Å². The van der Waals surface area contributed by atoms with Crippen LogP contribution in [0.3, 0.4) is 0 Å². The second-order valence-electron chi connectivity index (χ2n) is 7.41. The highest BCUT2D eigenvalue weighted by Gasteiger charge is 2.51. The second kappa shape index (κ2) is 12.2. The molecule has 1 aliphatic rings. The Morgan fingerprint density at radius 2 is 1.83 bits per heavy atom. The lowest BCUT2D eigenvalue weighted by Crippen LogP contribution is -2.52. The van der Waals surface area contributed by atoms with Crippen LogP contribution in [0.5, 0.6) is 0 Å². The standard InChI is InChI=1S/C21H35N3O5/c1-8-12-15(22-29-13-9-2)17-16(23-27-10-3)14-21(5,6)18(20(25)26-7)19(17)24-28-11-4/h9,17-18H,2,8,10-14H2,1,3-7H3/b22-15-,23-16-,24-19-/t17-,18-/m1/s1. The Morgan fingerprint density at radius 1 is 1.17 bits per heavy atom.